The van der Waals surface area contributed by atoms with Crippen LogP contribution in [0.25, 0.3) is 0 Å². The fourth-order valence-corrected chi connectivity index (χ4v) is 2.12. The molecule has 0 saturated heterocycles. The van der Waals surface area contributed by atoms with Crippen molar-refractivity contribution in [2.24, 2.45) is 5.92 Å². The second kappa shape index (κ2) is 5.51. The highest BCUT2D eigenvalue weighted by Gasteiger charge is 2.42. The molecule has 0 aromatic heterocycles. The average molecular weight is 251 g/mol. The molecule has 0 aliphatic heterocycles. The van der Waals surface area contributed by atoms with Crippen molar-refractivity contribution < 1.29 is 22.8 Å². The minimum atomic E-state index is -4.19. The number of carbonyl (C=O) groups excluding carboxylic acids is 2. The zero-order valence-corrected chi connectivity index (χ0v) is 9.64. The van der Waals surface area contributed by atoms with Gasteiger partial charge in [-0.05, 0) is 26.2 Å². The van der Waals surface area contributed by atoms with Crippen LogP contribution in [0.4, 0.5) is 13.2 Å². The SMILES string of the molecule is CC(=O)CC(=O)NC1CCCC(C(F)(F)F)C1. The minimum absolute atomic E-state index is 0.0762. The van der Waals surface area contributed by atoms with Gasteiger partial charge in [-0.2, -0.15) is 13.2 Å². The van der Waals surface area contributed by atoms with Gasteiger partial charge in [0, 0.05) is 6.04 Å². The van der Waals surface area contributed by atoms with Crippen molar-refractivity contribution in [3.63, 3.8) is 0 Å². The Balaban J connectivity index is 2.45. The average Bonchev–Trinajstić information content (AvgIpc) is 2.15. The number of halogens is 3. The number of nitrogens with one attached hydrogen (secondary N) is 1. The number of hydrogen-bond acceptors (Lipinski definition) is 2. The first-order chi connectivity index (χ1) is 7.79. The molecule has 0 radical (unpaired) electrons. The standard InChI is InChI=1S/C11H16F3NO2/c1-7(16)5-10(17)15-9-4-2-3-8(6-9)11(12,13)14/h8-9H,2-6H2,1H3,(H,15,17). The Morgan fingerprint density at radius 2 is 1.94 bits per heavy atom. The van der Waals surface area contributed by atoms with Gasteiger partial charge in [0.25, 0.3) is 0 Å². The molecule has 1 N–H and O–H groups in total. The van der Waals surface area contributed by atoms with Crippen molar-refractivity contribution in [1.29, 1.82) is 0 Å². The number of rotatable bonds is 3. The van der Waals surface area contributed by atoms with Crippen LogP contribution in [0.5, 0.6) is 0 Å². The number of hydrogen-bond donors (Lipinski definition) is 1. The Hall–Kier alpha value is -1.07. The Morgan fingerprint density at radius 3 is 2.47 bits per heavy atom. The van der Waals surface area contributed by atoms with Crippen LogP contribution >= 0.6 is 0 Å². The maximum Gasteiger partial charge on any atom is 0.391 e. The first-order valence-electron chi connectivity index (χ1n) is 5.64. The summed E-state index contributed by atoms with van der Waals surface area (Å²) in [5.74, 6) is -2.10. The zero-order valence-electron chi connectivity index (χ0n) is 9.64. The van der Waals surface area contributed by atoms with Crippen LogP contribution < -0.4 is 5.32 Å². The Morgan fingerprint density at radius 1 is 1.29 bits per heavy atom. The molecular weight excluding hydrogens is 235 g/mol. The predicted molar refractivity (Wildman–Crippen MR) is 55.2 cm³/mol. The largest absolute Gasteiger partial charge is 0.391 e. The lowest BCUT2D eigenvalue weighted by atomic mass is 9.85. The molecular formula is C11H16F3NO2. The topological polar surface area (TPSA) is 46.2 Å². The van der Waals surface area contributed by atoms with Crippen molar-refractivity contribution in [1.82, 2.24) is 5.32 Å². The van der Waals surface area contributed by atoms with E-state index in [1.807, 2.05) is 0 Å². The van der Waals surface area contributed by atoms with Crippen LogP contribution in [-0.2, 0) is 9.59 Å². The van der Waals surface area contributed by atoms with E-state index in [0.29, 0.717) is 12.8 Å². The molecule has 0 spiro atoms. The third-order valence-corrected chi connectivity index (χ3v) is 2.91. The fraction of sp³-hybridized carbons (Fsp3) is 0.818. The fourth-order valence-electron chi connectivity index (χ4n) is 2.12. The van der Waals surface area contributed by atoms with Crippen molar-refractivity contribution in [3.05, 3.63) is 0 Å². The molecule has 2 unspecified atom stereocenters. The molecule has 1 aliphatic rings. The van der Waals surface area contributed by atoms with Gasteiger partial charge in [0.05, 0.1) is 12.3 Å². The Kier molecular flexibility index (Phi) is 4.54. The van der Waals surface area contributed by atoms with E-state index in [-0.39, 0.29) is 25.0 Å². The number of Topliss-reactive ketones (excluding diaryl/α,β-unsaturated/α-hetero) is 1. The summed E-state index contributed by atoms with van der Waals surface area (Å²) >= 11 is 0. The lowest BCUT2D eigenvalue weighted by Gasteiger charge is -2.30. The zero-order chi connectivity index (χ0) is 13.1. The molecule has 1 aliphatic carbocycles. The van der Waals surface area contributed by atoms with Crippen molar-refractivity contribution >= 4 is 11.7 Å². The molecule has 17 heavy (non-hydrogen) atoms. The Labute approximate surface area is 97.8 Å². The summed E-state index contributed by atoms with van der Waals surface area (Å²) in [6, 6.07) is -0.456. The molecule has 0 bridgehead atoms. The number of carbonyl (C=O) groups is 2. The third kappa shape index (κ3) is 4.75. The van der Waals surface area contributed by atoms with E-state index in [1.54, 1.807) is 0 Å². The van der Waals surface area contributed by atoms with Gasteiger partial charge in [-0.3, -0.25) is 9.59 Å². The smallest absolute Gasteiger partial charge is 0.353 e. The Bertz CT molecular complexity index is 302. The van der Waals surface area contributed by atoms with E-state index in [0.717, 1.165) is 0 Å². The van der Waals surface area contributed by atoms with Gasteiger partial charge >= 0.3 is 6.18 Å². The summed E-state index contributed by atoms with van der Waals surface area (Å²) < 4.78 is 37.5. The molecule has 1 saturated carbocycles. The maximum absolute atomic E-state index is 12.5. The normalized spacial score (nSPS) is 25.4. The van der Waals surface area contributed by atoms with E-state index in [9.17, 15) is 22.8 Å². The van der Waals surface area contributed by atoms with Gasteiger partial charge < -0.3 is 5.32 Å². The van der Waals surface area contributed by atoms with Gasteiger partial charge in [0.2, 0.25) is 5.91 Å². The van der Waals surface area contributed by atoms with Gasteiger partial charge in [0.1, 0.15) is 5.78 Å². The number of alkyl halides is 3. The van der Waals surface area contributed by atoms with E-state index >= 15 is 0 Å². The van der Waals surface area contributed by atoms with Crippen LogP contribution in [0.3, 0.4) is 0 Å². The van der Waals surface area contributed by atoms with Gasteiger partial charge in [0.15, 0.2) is 0 Å². The van der Waals surface area contributed by atoms with Crippen LogP contribution in [0.15, 0.2) is 0 Å². The summed E-state index contributed by atoms with van der Waals surface area (Å²) in [7, 11) is 0. The van der Waals surface area contributed by atoms with E-state index < -0.39 is 24.0 Å². The molecule has 98 valence electrons. The van der Waals surface area contributed by atoms with Gasteiger partial charge in [-0.15, -0.1) is 0 Å². The highest BCUT2D eigenvalue weighted by molar-refractivity contribution is 5.96. The molecule has 0 aromatic rings. The van der Waals surface area contributed by atoms with Gasteiger partial charge in [-0.25, -0.2) is 0 Å². The molecule has 3 nitrogen and oxygen atoms in total. The highest BCUT2D eigenvalue weighted by atomic mass is 19.4. The first kappa shape index (κ1) is 14.0. The van der Waals surface area contributed by atoms with Crippen molar-refractivity contribution in [3.8, 4) is 0 Å². The molecule has 0 heterocycles. The summed E-state index contributed by atoms with van der Waals surface area (Å²) in [4.78, 5) is 21.9. The quantitative estimate of drug-likeness (QED) is 0.782. The summed E-state index contributed by atoms with van der Waals surface area (Å²) in [5.41, 5.74) is 0. The minimum Gasteiger partial charge on any atom is -0.353 e. The van der Waals surface area contributed by atoms with Crippen LogP contribution in [0.2, 0.25) is 0 Å². The van der Waals surface area contributed by atoms with E-state index in [1.165, 1.54) is 6.92 Å². The predicted octanol–water partition coefficient (Wildman–Crippen LogP) is 2.20. The highest BCUT2D eigenvalue weighted by Crippen LogP contribution is 2.37. The van der Waals surface area contributed by atoms with E-state index in [4.69, 9.17) is 0 Å². The lowest BCUT2D eigenvalue weighted by Crippen LogP contribution is -2.41. The van der Waals surface area contributed by atoms with Crippen LogP contribution in [-0.4, -0.2) is 23.9 Å². The molecule has 2 atom stereocenters. The molecule has 1 amide bonds. The van der Waals surface area contributed by atoms with Crippen molar-refractivity contribution in [2.75, 3.05) is 0 Å². The van der Waals surface area contributed by atoms with E-state index in [2.05, 4.69) is 5.32 Å². The van der Waals surface area contributed by atoms with Crippen LogP contribution in [0, 0.1) is 5.92 Å². The summed E-state index contributed by atoms with van der Waals surface area (Å²) in [6.45, 7) is 1.28. The number of ketones is 1. The van der Waals surface area contributed by atoms with Gasteiger partial charge in [-0.1, -0.05) is 6.42 Å². The first-order valence-corrected chi connectivity index (χ1v) is 5.64. The molecule has 1 rings (SSSR count). The molecule has 0 aromatic carbocycles. The third-order valence-electron chi connectivity index (χ3n) is 2.91. The van der Waals surface area contributed by atoms with Crippen LogP contribution in [0.1, 0.15) is 39.0 Å². The maximum atomic E-state index is 12.5. The second-order valence-electron chi connectivity index (χ2n) is 4.55. The summed E-state index contributed by atoms with van der Waals surface area (Å²) in [5, 5.41) is 2.49. The summed E-state index contributed by atoms with van der Waals surface area (Å²) in [6.07, 6.45) is -3.39. The monoisotopic (exact) mass is 251 g/mol. The number of amides is 1. The second-order valence-corrected chi connectivity index (χ2v) is 4.55. The molecule has 1 fully saturated rings. The van der Waals surface area contributed by atoms with Crippen molar-refractivity contribution in [2.45, 2.75) is 51.2 Å². The lowest BCUT2D eigenvalue weighted by molar-refractivity contribution is -0.184. The molecule has 6 heteroatoms.